The van der Waals surface area contributed by atoms with E-state index in [1.807, 2.05) is 23.5 Å². The Morgan fingerprint density at radius 1 is 1.11 bits per heavy atom. The Balaban J connectivity index is 0.000000212. The van der Waals surface area contributed by atoms with Gasteiger partial charge in [-0.3, -0.25) is 14.6 Å². The number of amides is 1. The molecule has 0 bridgehead atoms. The number of rotatable bonds is 5. The van der Waals surface area contributed by atoms with Crippen molar-refractivity contribution in [1.29, 1.82) is 5.26 Å². The van der Waals surface area contributed by atoms with Crippen LogP contribution in [0.5, 0.6) is 0 Å². The number of benzene rings is 3. The number of nitriles is 1. The maximum atomic E-state index is 13.5. The summed E-state index contributed by atoms with van der Waals surface area (Å²) >= 11 is 6.30. The van der Waals surface area contributed by atoms with Gasteiger partial charge in [0, 0.05) is 27.7 Å². The van der Waals surface area contributed by atoms with Gasteiger partial charge in [-0.1, -0.05) is 35.9 Å². The molecular weight excluding hydrogens is 516 g/mol. The van der Waals surface area contributed by atoms with E-state index in [0.717, 1.165) is 34.2 Å². The Morgan fingerprint density at radius 3 is 2.34 bits per heavy atom. The summed E-state index contributed by atoms with van der Waals surface area (Å²) in [6, 6.07) is 17.1. The minimum absolute atomic E-state index is 0.0141. The van der Waals surface area contributed by atoms with Crippen molar-refractivity contribution in [3.63, 3.8) is 0 Å². The molecule has 0 aliphatic heterocycles. The second-order valence-corrected chi connectivity index (χ2v) is 8.66. The summed E-state index contributed by atoms with van der Waals surface area (Å²) in [4.78, 5) is 26.0. The van der Waals surface area contributed by atoms with Gasteiger partial charge < -0.3 is 15.5 Å². The molecule has 0 saturated carbocycles. The molecule has 0 spiro atoms. The quantitative estimate of drug-likeness (QED) is 0.306. The van der Waals surface area contributed by atoms with Crippen molar-refractivity contribution < 1.29 is 28.6 Å². The van der Waals surface area contributed by atoms with E-state index in [1.165, 1.54) is 12.5 Å². The normalized spacial score (nSPS) is 11.2. The molecule has 1 unspecified atom stereocenters. The van der Waals surface area contributed by atoms with E-state index in [9.17, 15) is 18.4 Å². The highest BCUT2D eigenvalue weighted by atomic mass is 35.5. The molecule has 4 aromatic rings. The molecule has 0 saturated heterocycles. The van der Waals surface area contributed by atoms with E-state index in [0.29, 0.717) is 10.6 Å². The van der Waals surface area contributed by atoms with E-state index in [1.54, 1.807) is 18.3 Å². The summed E-state index contributed by atoms with van der Waals surface area (Å²) in [7, 11) is 0. The van der Waals surface area contributed by atoms with Crippen LogP contribution in [0.1, 0.15) is 40.1 Å². The number of aromatic nitrogens is 1. The highest BCUT2D eigenvalue weighted by Crippen LogP contribution is 2.34. The lowest BCUT2D eigenvalue weighted by Crippen LogP contribution is -2.30. The molecule has 10 heteroatoms. The van der Waals surface area contributed by atoms with Gasteiger partial charge in [0.1, 0.15) is 23.7 Å². The predicted molar refractivity (Wildman–Crippen MR) is 139 cm³/mol. The first kappa shape index (κ1) is 28.2. The fraction of sp³-hybridized carbons (Fsp3) is 0.143. The predicted octanol–water partition coefficient (Wildman–Crippen LogP) is 5.57. The van der Waals surface area contributed by atoms with Crippen LogP contribution in [0.4, 0.5) is 8.78 Å². The molecule has 194 valence electrons. The number of nitrogens with zero attached hydrogens (tertiary/aromatic N) is 2. The lowest BCUT2D eigenvalue weighted by Gasteiger charge is -2.10. The number of halogens is 3. The number of carboxylic acid groups (broad SMARTS) is 1. The Labute approximate surface area is 221 Å². The molecule has 38 heavy (non-hydrogen) atoms. The summed E-state index contributed by atoms with van der Waals surface area (Å²) in [5.74, 6) is -4.81. The van der Waals surface area contributed by atoms with Crippen molar-refractivity contribution in [2.75, 3.05) is 6.54 Å². The molecule has 7 nitrogen and oxygen atoms in total. The number of hydrogen-bond donors (Lipinski definition) is 3. The molecule has 1 amide bonds. The number of aliphatic carboxylic acids is 1. The van der Waals surface area contributed by atoms with Crippen LogP contribution >= 0.6 is 11.6 Å². The molecule has 1 atom stereocenters. The average Bonchev–Trinajstić information content (AvgIpc) is 2.88. The number of aliphatic hydroxyl groups excluding tert-OH is 1. The van der Waals surface area contributed by atoms with E-state index in [2.05, 4.69) is 30.1 Å². The maximum absolute atomic E-state index is 13.5. The van der Waals surface area contributed by atoms with Gasteiger partial charge in [-0.15, -0.1) is 0 Å². The first-order valence-corrected chi connectivity index (χ1v) is 11.6. The summed E-state index contributed by atoms with van der Waals surface area (Å²) in [5.41, 5.74) is 3.67. The number of hydrogen-bond acceptors (Lipinski definition) is 5. The van der Waals surface area contributed by atoms with Gasteiger partial charge in [0.05, 0.1) is 23.3 Å². The van der Waals surface area contributed by atoms with Crippen LogP contribution in [0.15, 0.2) is 60.8 Å². The van der Waals surface area contributed by atoms with E-state index < -0.39 is 41.7 Å². The lowest BCUT2D eigenvalue weighted by atomic mass is 9.98. The van der Waals surface area contributed by atoms with Gasteiger partial charge in [-0.2, -0.15) is 5.26 Å². The van der Waals surface area contributed by atoms with Crippen molar-refractivity contribution in [2.24, 2.45) is 0 Å². The fourth-order valence-electron chi connectivity index (χ4n) is 3.63. The third kappa shape index (κ3) is 6.48. The molecule has 0 radical (unpaired) electrons. The van der Waals surface area contributed by atoms with E-state index in [-0.39, 0.29) is 5.56 Å². The third-order valence-electron chi connectivity index (χ3n) is 5.55. The molecule has 0 aliphatic rings. The topological polar surface area (TPSA) is 123 Å². The van der Waals surface area contributed by atoms with Crippen molar-refractivity contribution in [3.8, 4) is 17.2 Å². The minimum atomic E-state index is -1.33. The smallest absolute Gasteiger partial charge is 0.322 e. The van der Waals surface area contributed by atoms with Crippen LogP contribution in [0.2, 0.25) is 5.02 Å². The van der Waals surface area contributed by atoms with Gasteiger partial charge in [0.25, 0.3) is 5.91 Å². The summed E-state index contributed by atoms with van der Waals surface area (Å²) in [5, 5.41) is 29.9. The highest BCUT2D eigenvalue weighted by Gasteiger charge is 2.20. The van der Waals surface area contributed by atoms with Crippen molar-refractivity contribution >= 4 is 34.4 Å². The second kappa shape index (κ2) is 12.2. The van der Waals surface area contributed by atoms with Crippen LogP contribution in [0, 0.1) is 29.9 Å². The zero-order chi connectivity index (χ0) is 28.0. The summed E-state index contributed by atoms with van der Waals surface area (Å²) in [6.07, 6.45) is 0.702. The fourth-order valence-corrected chi connectivity index (χ4v) is 3.91. The first-order valence-electron chi connectivity index (χ1n) is 11.2. The minimum Gasteiger partial charge on any atom is -0.480 e. The van der Waals surface area contributed by atoms with Crippen molar-refractivity contribution in [1.82, 2.24) is 10.3 Å². The van der Waals surface area contributed by atoms with Gasteiger partial charge in [-0.05, 0) is 55.3 Å². The highest BCUT2D eigenvalue weighted by molar-refractivity contribution is 6.33. The zero-order valence-electron chi connectivity index (χ0n) is 20.3. The van der Waals surface area contributed by atoms with Crippen molar-refractivity contribution in [2.45, 2.75) is 20.0 Å². The van der Waals surface area contributed by atoms with Crippen LogP contribution < -0.4 is 5.32 Å². The van der Waals surface area contributed by atoms with Gasteiger partial charge in [0.15, 0.2) is 0 Å². The van der Waals surface area contributed by atoms with Crippen LogP contribution in [-0.4, -0.2) is 33.6 Å². The zero-order valence-corrected chi connectivity index (χ0v) is 21.1. The lowest BCUT2D eigenvalue weighted by molar-refractivity contribution is -0.135. The monoisotopic (exact) mass is 537 g/mol. The molecular formula is C28H22ClF2N3O4. The number of carbonyl (C=O) groups is 2. The third-order valence-corrected chi connectivity index (χ3v) is 5.86. The Hall–Kier alpha value is -4.39. The number of carbonyl (C=O) groups excluding carboxylic acids is 1. The Kier molecular flexibility index (Phi) is 9.07. The number of fused-ring (bicyclic) bond motifs is 1. The second-order valence-electron chi connectivity index (χ2n) is 8.25. The van der Waals surface area contributed by atoms with Gasteiger partial charge in [0.2, 0.25) is 0 Å². The van der Waals surface area contributed by atoms with Crippen LogP contribution in [-0.2, 0) is 4.79 Å². The molecule has 1 aromatic heterocycles. The standard InChI is InChI=1S/C17H11ClN2.C11H11F2NO4/c1-11-4-6-15(17-13(11)3-2-8-20-17)14-7-5-12(10-19)9-16(14)18;1-5(15)6-2-7(12)10(8(13)3-6)11(18)14-4-9(16)17/h2-9H,1H3;2-3,5,15H,4H2,1H3,(H,14,18)(H,16,17). The average molecular weight is 538 g/mol. The molecule has 0 fully saturated rings. The van der Waals surface area contributed by atoms with Crippen LogP contribution in [0.25, 0.3) is 22.0 Å². The largest absolute Gasteiger partial charge is 0.480 e. The van der Waals surface area contributed by atoms with Gasteiger partial charge in [-0.25, -0.2) is 8.78 Å². The number of nitrogens with one attached hydrogen (secondary N) is 1. The number of aryl methyl sites for hydroxylation is 1. The number of carboxylic acids is 1. The van der Waals surface area contributed by atoms with E-state index in [4.69, 9.17) is 27.1 Å². The maximum Gasteiger partial charge on any atom is 0.322 e. The number of pyridine rings is 1. The van der Waals surface area contributed by atoms with E-state index >= 15 is 0 Å². The molecule has 0 aliphatic carbocycles. The summed E-state index contributed by atoms with van der Waals surface area (Å²) in [6.45, 7) is 2.64. The SMILES string of the molecule is CC(O)c1cc(F)c(C(=O)NCC(=O)O)c(F)c1.Cc1ccc(-c2ccc(C#N)cc2Cl)c2ncccc12. The first-order chi connectivity index (χ1) is 18.0. The summed E-state index contributed by atoms with van der Waals surface area (Å²) < 4.78 is 27.0. The molecule has 1 heterocycles. The molecule has 4 rings (SSSR count). The Morgan fingerprint density at radius 2 is 1.76 bits per heavy atom. The number of aliphatic hydroxyl groups is 1. The van der Waals surface area contributed by atoms with Crippen LogP contribution in [0.3, 0.4) is 0 Å². The molecule has 3 N–H and O–H groups in total. The van der Waals surface area contributed by atoms with Gasteiger partial charge >= 0.3 is 5.97 Å². The molecule has 3 aromatic carbocycles. The Bertz CT molecular complexity index is 1550. The van der Waals surface area contributed by atoms with Crippen molar-refractivity contribution in [3.05, 3.63) is 99.7 Å².